The average molecular weight is 393 g/mol. The van der Waals surface area contributed by atoms with Crippen LogP contribution >= 0.6 is 11.8 Å². The second kappa shape index (κ2) is 9.65. The zero-order valence-electron chi connectivity index (χ0n) is 16.7. The monoisotopic (exact) mass is 392 g/mol. The molecular formula is C23H36O3S. The molecule has 2 heterocycles. The molecule has 2 N–H and O–H groups in total. The molecule has 1 aliphatic carbocycles. The van der Waals surface area contributed by atoms with Crippen molar-refractivity contribution in [3.05, 3.63) is 24.3 Å². The van der Waals surface area contributed by atoms with Crippen LogP contribution in [0.15, 0.2) is 24.3 Å². The molecule has 2 saturated heterocycles. The van der Waals surface area contributed by atoms with Gasteiger partial charge in [-0.2, -0.15) is 11.8 Å². The molecule has 1 saturated carbocycles. The lowest BCUT2D eigenvalue weighted by atomic mass is 9.71. The Labute approximate surface area is 168 Å². The molecule has 0 radical (unpaired) electrons. The van der Waals surface area contributed by atoms with Gasteiger partial charge in [0.05, 0.1) is 6.10 Å². The van der Waals surface area contributed by atoms with E-state index in [9.17, 15) is 9.90 Å². The van der Waals surface area contributed by atoms with E-state index in [0.717, 1.165) is 42.6 Å². The fourth-order valence-electron chi connectivity index (χ4n) is 5.25. The van der Waals surface area contributed by atoms with Crippen molar-refractivity contribution in [2.45, 2.75) is 94.2 Å². The molecule has 3 rings (SSSR count). The van der Waals surface area contributed by atoms with Crippen molar-refractivity contribution < 1.29 is 15.0 Å². The number of aliphatic hydroxyl groups excluding tert-OH is 1. The number of hydrogen-bond donors (Lipinski definition) is 2. The van der Waals surface area contributed by atoms with Crippen LogP contribution in [0.25, 0.3) is 0 Å². The Bertz CT molecular complexity index is 550. The number of rotatable bonds is 9. The molecule has 3 aliphatic rings. The smallest absolute Gasteiger partial charge is 0.303 e. The number of carboxylic acid groups (broad SMARTS) is 1. The van der Waals surface area contributed by atoms with Gasteiger partial charge < -0.3 is 10.2 Å². The van der Waals surface area contributed by atoms with E-state index >= 15 is 0 Å². The Hall–Kier alpha value is -0.740. The molecule has 2 aliphatic heterocycles. The second-order valence-electron chi connectivity index (χ2n) is 9.07. The molecule has 0 aromatic carbocycles. The van der Waals surface area contributed by atoms with Gasteiger partial charge in [0.25, 0.3) is 0 Å². The number of carboxylic acids is 1. The Kier molecular flexibility index (Phi) is 7.49. The number of aliphatic carboxylic acids is 1. The average Bonchev–Trinajstić information content (AvgIpc) is 3.24. The quantitative estimate of drug-likeness (QED) is 0.397. The highest BCUT2D eigenvalue weighted by Gasteiger charge is 2.46. The first-order chi connectivity index (χ1) is 13.0. The number of allylic oxidation sites excluding steroid dienone is 3. The molecule has 27 heavy (non-hydrogen) atoms. The minimum absolute atomic E-state index is 0.0685. The summed E-state index contributed by atoms with van der Waals surface area (Å²) in [4.78, 5) is 10.6. The molecule has 4 heteroatoms. The maximum atomic E-state index is 10.8. The van der Waals surface area contributed by atoms with Crippen molar-refractivity contribution >= 4 is 17.7 Å². The van der Waals surface area contributed by atoms with Gasteiger partial charge in [-0.1, -0.05) is 50.5 Å². The summed E-state index contributed by atoms with van der Waals surface area (Å²) < 4.78 is 0. The van der Waals surface area contributed by atoms with Gasteiger partial charge in [0.1, 0.15) is 0 Å². The summed E-state index contributed by atoms with van der Waals surface area (Å²) in [5, 5.41) is 21.0. The number of fused-ring (bicyclic) bond motifs is 2. The first-order valence-electron chi connectivity index (χ1n) is 10.9. The van der Waals surface area contributed by atoms with Crippen molar-refractivity contribution in [2.75, 3.05) is 0 Å². The molecule has 0 aromatic heterocycles. The van der Waals surface area contributed by atoms with E-state index in [-0.39, 0.29) is 17.9 Å². The van der Waals surface area contributed by atoms with E-state index in [4.69, 9.17) is 5.11 Å². The molecule has 5 atom stereocenters. The molecular weight excluding hydrogens is 356 g/mol. The van der Waals surface area contributed by atoms with Gasteiger partial charge in [-0.15, -0.1) is 0 Å². The minimum atomic E-state index is -0.705. The number of thioether (sulfide) groups is 1. The summed E-state index contributed by atoms with van der Waals surface area (Å²) in [6.45, 7) is 2.26. The zero-order chi connectivity index (χ0) is 19.3. The van der Waals surface area contributed by atoms with Gasteiger partial charge in [0, 0.05) is 16.9 Å². The van der Waals surface area contributed by atoms with E-state index in [1.165, 1.54) is 32.1 Å². The first-order valence-corrected chi connectivity index (χ1v) is 11.8. The summed E-state index contributed by atoms with van der Waals surface area (Å²) in [6, 6.07) is 0. The van der Waals surface area contributed by atoms with Crippen LogP contribution in [0.1, 0.15) is 77.6 Å². The van der Waals surface area contributed by atoms with Crippen LogP contribution < -0.4 is 0 Å². The van der Waals surface area contributed by atoms with Crippen LogP contribution in [0, 0.1) is 17.3 Å². The van der Waals surface area contributed by atoms with E-state index in [0.29, 0.717) is 11.8 Å². The van der Waals surface area contributed by atoms with Crippen molar-refractivity contribution in [3.8, 4) is 0 Å². The first kappa shape index (κ1) is 21.0. The molecule has 3 nitrogen and oxygen atoms in total. The van der Waals surface area contributed by atoms with E-state index in [2.05, 4.69) is 43.0 Å². The largest absolute Gasteiger partial charge is 0.481 e. The van der Waals surface area contributed by atoms with Gasteiger partial charge in [-0.25, -0.2) is 0 Å². The fraction of sp³-hybridized carbons (Fsp3) is 0.783. The molecule has 152 valence electrons. The lowest BCUT2D eigenvalue weighted by molar-refractivity contribution is -0.137. The van der Waals surface area contributed by atoms with Gasteiger partial charge in [-0.3, -0.25) is 4.79 Å². The lowest BCUT2D eigenvalue weighted by Gasteiger charge is -2.37. The van der Waals surface area contributed by atoms with Crippen LogP contribution in [-0.2, 0) is 4.79 Å². The Morgan fingerprint density at radius 1 is 1.19 bits per heavy atom. The standard InChI is InChI=1S/C23H36O3S/c1-23(15-7-4-8-16-23)21(24)14-11-18-17(19-12-13-20(18)27-19)9-5-2-3-6-10-22(25)26/h2,5,11,14,17-21,24H,3-4,6-10,12-13,15-16H2,1H3,(H,25,26)/b5-2-,14-11+/t17-,18+,19-,20+,21?/m1/s1. The second-order valence-corrected chi connectivity index (χ2v) is 10.6. The summed E-state index contributed by atoms with van der Waals surface area (Å²) in [7, 11) is 0. The highest BCUT2D eigenvalue weighted by atomic mass is 32.2. The molecule has 3 fully saturated rings. The Morgan fingerprint density at radius 3 is 2.67 bits per heavy atom. The van der Waals surface area contributed by atoms with Crippen LogP contribution in [0.4, 0.5) is 0 Å². The lowest BCUT2D eigenvalue weighted by Crippen LogP contribution is -2.33. The van der Waals surface area contributed by atoms with Crippen LogP contribution in [0.5, 0.6) is 0 Å². The van der Waals surface area contributed by atoms with Gasteiger partial charge in [0.15, 0.2) is 0 Å². The van der Waals surface area contributed by atoms with E-state index in [1.54, 1.807) is 0 Å². The summed E-state index contributed by atoms with van der Waals surface area (Å²) in [6.07, 6.45) is 20.3. The van der Waals surface area contributed by atoms with Crippen molar-refractivity contribution in [1.29, 1.82) is 0 Å². The van der Waals surface area contributed by atoms with E-state index < -0.39 is 5.97 Å². The van der Waals surface area contributed by atoms with Crippen molar-refractivity contribution in [3.63, 3.8) is 0 Å². The van der Waals surface area contributed by atoms with Crippen LogP contribution in [0.3, 0.4) is 0 Å². The fourth-order valence-corrected chi connectivity index (χ4v) is 7.21. The normalized spacial score (nSPS) is 33.9. The van der Waals surface area contributed by atoms with Crippen molar-refractivity contribution in [1.82, 2.24) is 0 Å². The maximum absolute atomic E-state index is 10.8. The summed E-state index contributed by atoms with van der Waals surface area (Å²) in [5.74, 6) is 0.551. The van der Waals surface area contributed by atoms with Crippen LogP contribution in [0.2, 0.25) is 0 Å². The SMILES string of the molecule is CC1(C(O)/C=C/[C@H]2[C@@H](C/C=C\CCCC(=O)O)[C@H]3CC[C@@H]2S3)CCCCC1. The Morgan fingerprint density at radius 2 is 1.93 bits per heavy atom. The molecule has 0 amide bonds. The number of carbonyl (C=O) groups is 1. The maximum Gasteiger partial charge on any atom is 0.303 e. The third kappa shape index (κ3) is 5.41. The topological polar surface area (TPSA) is 57.5 Å². The zero-order valence-corrected chi connectivity index (χ0v) is 17.5. The molecule has 1 unspecified atom stereocenters. The number of aliphatic hydroxyl groups is 1. The van der Waals surface area contributed by atoms with Gasteiger partial charge in [-0.05, 0) is 62.2 Å². The highest BCUT2D eigenvalue weighted by Crippen LogP contribution is 2.55. The summed E-state index contributed by atoms with van der Waals surface area (Å²) >= 11 is 2.16. The predicted molar refractivity (Wildman–Crippen MR) is 113 cm³/mol. The van der Waals surface area contributed by atoms with E-state index in [1.807, 2.05) is 0 Å². The minimum Gasteiger partial charge on any atom is -0.481 e. The van der Waals surface area contributed by atoms with Gasteiger partial charge >= 0.3 is 5.97 Å². The van der Waals surface area contributed by atoms with Gasteiger partial charge in [0.2, 0.25) is 0 Å². The number of unbranched alkanes of at least 4 members (excludes halogenated alkanes) is 1. The third-order valence-corrected chi connectivity index (χ3v) is 8.88. The molecule has 0 aromatic rings. The molecule has 2 bridgehead atoms. The van der Waals surface area contributed by atoms with Crippen LogP contribution in [-0.4, -0.2) is 32.8 Å². The summed E-state index contributed by atoms with van der Waals surface area (Å²) in [5.41, 5.74) is 0.0685. The predicted octanol–water partition coefficient (Wildman–Crippen LogP) is 5.59. The molecule has 0 spiro atoms. The van der Waals surface area contributed by atoms with Crippen molar-refractivity contribution in [2.24, 2.45) is 17.3 Å². The Balaban J connectivity index is 1.53. The number of hydrogen-bond acceptors (Lipinski definition) is 3. The highest BCUT2D eigenvalue weighted by molar-refractivity contribution is 8.01. The third-order valence-electron chi connectivity index (χ3n) is 7.05.